The average Bonchev–Trinajstić information content (AvgIpc) is 2.69. The Bertz CT molecular complexity index is 676. The Morgan fingerprint density at radius 3 is 2.36 bits per heavy atom. The maximum atomic E-state index is 12.5. The Balaban J connectivity index is 1.52. The van der Waals surface area contributed by atoms with Crippen molar-refractivity contribution in [1.29, 1.82) is 0 Å². The average molecular weight is 339 g/mol. The van der Waals surface area contributed by atoms with Gasteiger partial charge in [-0.1, -0.05) is 42.5 Å². The van der Waals surface area contributed by atoms with Crippen LogP contribution in [0.1, 0.15) is 30.1 Å². The Labute approximate surface area is 149 Å². The van der Waals surface area contributed by atoms with Crippen molar-refractivity contribution in [1.82, 2.24) is 4.90 Å². The van der Waals surface area contributed by atoms with Crippen LogP contribution in [0.4, 0.5) is 0 Å². The Hall–Kier alpha value is -2.33. The molecule has 4 heteroatoms. The molecule has 1 amide bonds. The maximum Gasteiger partial charge on any atom is 0.226 e. The number of methoxy groups -OCH3 is 1. The van der Waals surface area contributed by atoms with Gasteiger partial charge in [-0.05, 0) is 42.0 Å². The third-order valence-corrected chi connectivity index (χ3v) is 4.99. The summed E-state index contributed by atoms with van der Waals surface area (Å²) in [6, 6.07) is 17.4. The van der Waals surface area contributed by atoms with Crippen LogP contribution in [-0.2, 0) is 11.2 Å². The lowest BCUT2D eigenvalue weighted by atomic mass is 9.87. The third-order valence-electron chi connectivity index (χ3n) is 4.99. The topological polar surface area (TPSA) is 49.8 Å². The fourth-order valence-corrected chi connectivity index (χ4v) is 3.42. The Morgan fingerprint density at radius 1 is 1.12 bits per heavy atom. The van der Waals surface area contributed by atoms with Gasteiger partial charge >= 0.3 is 0 Å². The van der Waals surface area contributed by atoms with Gasteiger partial charge in [-0.15, -0.1) is 0 Å². The highest BCUT2D eigenvalue weighted by Gasteiger charge is 2.28. The number of aliphatic hydroxyl groups excluding tert-OH is 1. The van der Waals surface area contributed by atoms with Crippen molar-refractivity contribution in [2.24, 2.45) is 5.92 Å². The normalized spacial score (nSPS) is 16.5. The van der Waals surface area contributed by atoms with Gasteiger partial charge in [-0.25, -0.2) is 0 Å². The van der Waals surface area contributed by atoms with Crippen molar-refractivity contribution in [2.75, 3.05) is 20.2 Å². The number of piperidine rings is 1. The molecule has 1 fully saturated rings. The van der Waals surface area contributed by atoms with E-state index in [1.807, 2.05) is 59.5 Å². The molecule has 2 aromatic carbocycles. The molecule has 1 unspecified atom stereocenters. The molecule has 0 radical (unpaired) electrons. The summed E-state index contributed by atoms with van der Waals surface area (Å²) in [5.41, 5.74) is 1.96. The second kappa shape index (κ2) is 8.17. The SMILES string of the molecule is COc1ccc(CC(=O)N2CCC(C(O)c3ccccc3)CC2)cc1. The van der Waals surface area contributed by atoms with Crippen molar-refractivity contribution in [2.45, 2.75) is 25.4 Å². The van der Waals surface area contributed by atoms with Crippen LogP contribution in [0.25, 0.3) is 0 Å². The Kier molecular flexibility index (Phi) is 5.71. The quantitative estimate of drug-likeness (QED) is 0.910. The van der Waals surface area contributed by atoms with Gasteiger partial charge in [0.25, 0.3) is 0 Å². The molecule has 1 N–H and O–H groups in total. The van der Waals surface area contributed by atoms with Gasteiger partial charge in [0.15, 0.2) is 0 Å². The van der Waals surface area contributed by atoms with E-state index in [1.54, 1.807) is 7.11 Å². The van der Waals surface area contributed by atoms with Crippen LogP contribution >= 0.6 is 0 Å². The summed E-state index contributed by atoms with van der Waals surface area (Å²) in [4.78, 5) is 14.4. The van der Waals surface area contributed by atoms with E-state index in [2.05, 4.69) is 0 Å². The predicted octanol–water partition coefficient (Wildman–Crippen LogP) is 3.21. The smallest absolute Gasteiger partial charge is 0.226 e. The van der Waals surface area contributed by atoms with Crippen molar-refractivity contribution in [3.05, 3.63) is 65.7 Å². The molecular weight excluding hydrogens is 314 g/mol. The number of hydrogen-bond acceptors (Lipinski definition) is 3. The van der Waals surface area contributed by atoms with Gasteiger partial charge in [0.05, 0.1) is 19.6 Å². The van der Waals surface area contributed by atoms with Crippen LogP contribution in [0.15, 0.2) is 54.6 Å². The first-order valence-corrected chi connectivity index (χ1v) is 8.81. The minimum atomic E-state index is -0.444. The second-order valence-corrected chi connectivity index (χ2v) is 6.60. The lowest BCUT2D eigenvalue weighted by Gasteiger charge is -2.34. The van der Waals surface area contributed by atoms with Crippen LogP contribution in [0.5, 0.6) is 5.75 Å². The molecule has 1 aliphatic rings. The van der Waals surface area contributed by atoms with Crippen molar-refractivity contribution >= 4 is 5.91 Å². The number of benzene rings is 2. The molecule has 0 saturated carbocycles. The van der Waals surface area contributed by atoms with E-state index in [9.17, 15) is 9.90 Å². The number of rotatable bonds is 5. The molecule has 1 saturated heterocycles. The van der Waals surface area contributed by atoms with Gasteiger partial charge in [-0.2, -0.15) is 0 Å². The van der Waals surface area contributed by atoms with Crippen LogP contribution in [-0.4, -0.2) is 36.1 Å². The monoisotopic (exact) mass is 339 g/mol. The van der Waals surface area contributed by atoms with E-state index in [0.717, 1.165) is 29.7 Å². The molecule has 3 rings (SSSR count). The molecule has 0 bridgehead atoms. The van der Waals surface area contributed by atoms with E-state index in [-0.39, 0.29) is 11.8 Å². The van der Waals surface area contributed by atoms with Crippen molar-refractivity contribution < 1.29 is 14.6 Å². The van der Waals surface area contributed by atoms with Crippen LogP contribution in [0.3, 0.4) is 0 Å². The van der Waals surface area contributed by atoms with E-state index in [1.165, 1.54) is 0 Å². The number of amides is 1. The second-order valence-electron chi connectivity index (χ2n) is 6.60. The highest BCUT2D eigenvalue weighted by molar-refractivity contribution is 5.78. The summed E-state index contributed by atoms with van der Waals surface area (Å²) >= 11 is 0. The summed E-state index contributed by atoms with van der Waals surface area (Å²) in [6.07, 6.45) is 1.64. The molecule has 2 aromatic rings. The van der Waals surface area contributed by atoms with Crippen molar-refractivity contribution in [3.8, 4) is 5.75 Å². The van der Waals surface area contributed by atoms with E-state index < -0.39 is 6.10 Å². The standard InChI is InChI=1S/C21H25NO3/c1-25-19-9-7-16(8-10-19)15-20(23)22-13-11-18(12-14-22)21(24)17-5-3-2-4-6-17/h2-10,18,21,24H,11-15H2,1H3. The molecule has 4 nitrogen and oxygen atoms in total. The van der Waals surface area contributed by atoms with E-state index >= 15 is 0 Å². The van der Waals surface area contributed by atoms with Gasteiger partial charge in [-0.3, -0.25) is 4.79 Å². The summed E-state index contributed by atoms with van der Waals surface area (Å²) in [6.45, 7) is 1.42. The number of carbonyl (C=O) groups is 1. The highest BCUT2D eigenvalue weighted by atomic mass is 16.5. The summed E-state index contributed by atoms with van der Waals surface area (Å²) in [7, 11) is 1.63. The lowest BCUT2D eigenvalue weighted by molar-refractivity contribution is -0.132. The predicted molar refractivity (Wildman–Crippen MR) is 97.4 cm³/mol. The number of aliphatic hydroxyl groups is 1. The number of nitrogens with zero attached hydrogens (tertiary/aromatic N) is 1. The van der Waals surface area contributed by atoms with E-state index in [4.69, 9.17) is 4.74 Å². The van der Waals surface area contributed by atoms with Gasteiger partial charge in [0.1, 0.15) is 5.75 Å². The zero-order valence-corrected chi connectivity index (χ0v) is 14.6. The lowest BCUT2D eigenvalue weighted by Crippen LogP contribution is -2.40. The first-order chi connectivity index (χ1) is 12.2. The van der Waals surface area contributed by atoms with Crippen LogP contribution in [0.2, 0.25) is 0 Å². The molecule has 1 aliphatic heterocycles. The molecule has 0 spiro atoms. The highest BCUT2D eigenvalue weighted by Crippen LogP contribution is 2.30. The maximum absolute atomic E-state index is 12.5. The number of likely N-dealkylation sites (tertiary alicyclic amines) is 1. The molecule has 1 atom stereocenters. The first kappa shape index (κ1) is 17.5. The summed E-state index contributed by atoms with van der Waals surface area (Å²) in [5.74, 6) is 1.16. The zero-order valence-electron chi connectivity index (χ0n) is 14.6. The zero-order chi connectivity index (χ0) is 17.6. The summed E-state index contributed by atoms with van der Waals surface area (Å²) in [5, 5.41) is 10.5. The molecule has 0 aromatic heterocycles. The van der Waals surface area contributed by atoms with Crippen molar-refractivity contribution in [3.63, 3.8) is 0 Å². The Morgan fingerprint density at radius 2 is 1.76 bits per heavy atom. The number of carbonyl (C=O) groups excluding carboxylic acids is 1. The number of hydrogen-bond donors (Lipinski definition) is 1. The summed E-state index contributed by atoms with van der Waals surface area (Å²) < 4.78 is 5.14. The van der Waals surface area contributed by atoms with Gasteiger partial charge < -0.3 is 14.7 Å². The van der Waals surface area contributed by atoms with Crippen LogP contribution in [0, 0.1) is 5.92 Å². The third kappa shape index (κ3) is 4.40. The minimum absolute atomic E-state index is 0.151. The first-order valence-electron chi connectivity index (χ1n) is 8.81. The van der Waals surface area contributed by atoms with Crippen LogP contribution < -0.4 is 4.74 Å². The molecular formula is C21H25NO3. The van der Waals surface area contributed by atoms with Gasteiger partial charge in [0, 0.05) is 13.1 Å². The molecule has 25 heavy (non-hydrogen) atoms. The van der Waals surface area contributed by atoms with E-state index in [0.29, 0.717) is 19.5 Å². The fourth-order valence-electron chi connectivity index (χ4n) is 3.42. The molecule has 132 valence electrons. The van der Waals surface area contributed by atoms with Gasteiger partial charge in [0.2, 0.25) is 5.91 Å². The minimum Gasteiger partial charge on any atom is -0.497 e. The number of ether oxygens (including phenoxy) is 1. The largest absolute Gasteiger partial charge is 0.497 e. The fraction of sp³-hybridized carbons (Fsp3) is 0.381. The molecule has 1 heterocycles. The molecule has 0 aliphatic carbocycles.